The van der Waals surface area contributed by atoms with Crippen LogP contribution in [0.4, 0.5) is 0 Å². The molecule has 5 nitrogen and oxygen atoms in total. The molecule has 2 N–H and O–H groups in total. The number of carboxylic acid groups (broad SMARTS) is 1. The second-order valence-electron chi connectivity index (χ2n) is 4.57. The molecule has 0 heterocycles. The molecule has 1 aliphatic carbocycles. The summed E-state index contributed by atoms with van der Waals surface area (Å²) in [7, 11) is 2.92. The van der Waals surface area contributed by atoms with Crippen LogP contribution in [-0.4, -0.2) is 36.0 Å². The van der Waals surface area contributed by atoms with Crippen molar-refractivity contribution in [1.29, 1.82) is 0 Å². The topological polar surface area (TPSA) is 76.0 Å². The number of ether oxygens (including phenoxy) is 2. The van der Waals surface area contributed by atoms with Gasteiger partial charge in [-0.3, -0.25) is 0 Å². The van der Waals surface area contributed by atoms with Crippen LogP contribution in [0.25, 0.3) is 0 Å². The van der Waals surface area contributed by atoms with E-state index in [0.717, 1.165) is 12.8 Å². The Labute approximate surface area is 105 Å². The number of benzene rings is 1. The van der Waals surface area contributed by atoms with Gasteiger partial charge in [0.15, 0.2) is 0 Å². The van der Waals surface area contributed by atoms with E-state index in [2.05, 4.69) is 0 Å². The number of aliphatic hydroxyl groups is 1. The Morgan fingerprint density at radius 2 is 1.89 bits per heavy atom. The summed E-state index contributed by atoms with van der Waals surface area (Å²) in [4.78, 5) is 11.1. The third kappa shape index (κ3) is 2.41. The van der Waals surface area contributed by atoms with Crippen LogP contribution in [0.15, 0.2) is 12.1 Å². The van der Waals surface area contributed by atoms with Crippen LogP contribution >= 0.6 is 0 Å². The molecule has 1 fully saturated rings. The van der Waals surface area contributed by atoms with Gasteiger partial charge in [-0.2, -0.15) is 0 Å². The minimum Gasteiger partial charge on any atom is -0.496 e. The molecule has 5 heteroatoms. The van der Waals surface area contributed by atoms with Gasteiger partial charge in [-0.05, 0) is 24.5 Å². The van der Waals surface area contributed by atoms with E-state index in [1.54, 1.807) is 6.07 Å². The van der Waals surface area contributed by atoms with Crippen LogP contribution in [-0.2, 0) is 6.42 Å². The Morgan fingerprint density at radius 3 is 2.33 bits per heavy atom. The van der Waals surface area contributed by atoms with Gasteiger partial charge in [0.05, 0.1) is 19.8 Å². The molecule has 0 aliphatic heterocycles. The van der Waals surface area contributed by atoms with E-state index < -0.39 is 11.6 Å². The second kappa shape index (κ2) is 4.49. The standard InChI is InChI=1S/C13H16O5/c1-17-10-6-11(18-2)9(12(14)15)5-8(10)7-13(16)3-4-13/h5-6,16H,3-4,7H2,1-2H3,(H,14,15). The van der Waals surface area contributed by atoms with Gasteiger partial charge in [0.25, 0.3) is 0 Å². The molecule has 0 unspecified atom stereocenters. The van der Waals surface area contributed by atoms with Crippen LogP contribution in [0.5, 0.6) is 11.5 Å². The van der Waals surface area contributed by atoms with Crippen LogP contribution < -0.4 is 9.47 Å². The summed E-state index contributed by atoms with van der Waals surface area (Å²) < 4.78 is 10.2. The van der Waals surface area contributed by atoms with Gasteiger partial charge >= 0.3 is 5.97 Å². The highest BCUT2D eigenvalue weighted by atomic mass is 16.5. The van der Waals surface area contributed by atoms with Crippen molar-refractivity contribution in [2.24, 2.45) is 0 Å². The Kier molecular flexibility index (Phi) is 3.17. The molecule has 1 aliphatic rings. The summed E-state index contributed by atoms with van der Waals surface area (Å²) in [5.41, 5.74) is 0.0747. The summed E-state index contributed by atoms with van der Waals surface area (Å²) in [6.45, 7) is 0. The number of methoxy groups -OCH3 is 2. The third-order valence-corrected chi connectivity index (χ3v) is 3.18. The monoisotopic (exact) mass is 252 g/mol. The molecule has 1 saturated carbocycles. The van der Waals surface area contributed by atoms with E-state index in [-0.39, 0.29) is 11.3 Å². The lowest BCUT2D eigenvalue weighted by Gasteiger charge is -2.15. The number of hydrogen-bond acceptors (Lipinski definition) is 4. The highest BCUT2D eigenvalue weighted by Crippen LogP contribution is 2.41. The summed E-state index contributed by atoms with van der Waals surface area (Å²) >= 11 is 0. The van der Waals surface area contributed by atoms with Gasteiger partial charge in [-0.15, -0.1) is 0 Å². The van der Waals surface area contributed by atoms with Gasteiger partial charge < -0.3 is 19.7 Å². The van der Waals surface area contributed by atoms with Gasteiger partial charge in [0, 0.05) is 12.5 Å². The lowest BCUT2D eigenvalue weighted by atomic mass is 10.0. The predicted octanol–water partition coefficient (Wildman–Crippen LogP) is 1.47. The van der Waals surface area contributed by atoms with Crippen molar-refractivity contribution in [3.05, 3.63) is 23.3 Å². The normalized spacial score (nSPS) is 16.2. The van der Waals surface area contributed by atoms with Gasteiger partial charge in [0.2, 0.25) is 0 Å². The molecule has 1 aromatic rings. The molecule has 0 amide bonds. The summed E-state index contributed by atoms with van der Waals surface area (Å²) in [6, 6.07) is 3.06. The lowest BCUT2D eigenvalue weighted by molar-refractivity contribution is 0.0692. The number of carbonyl (C=O) groups is 1. The van der Waals surface area contributed by atoms with E-state index in [0.29, 0.717) is 17.7 Å². The molecule has 18 heavy (non-hydrogen) atoms. The highest BCUT2D eigenvalue weighted by molar-refractivity contribution is 5.91. The number of carboxylic acids is 1. The Hall–Kier alpha value is -1.75. The summed E-state index contributed by atoms with van der Waals surface area (Å²) in [6.07, 6.45) is 1.88. The Bertz CT molecular complexity index is 477. The maximum atomic E-state index is 11.1. The zero-order valence-electron chi connectivity index (χ0n) is 10.4. The maximum absolute atomic E-state index is 11.1. The van der Waals surface area contributed by atoms with Crippen molar-refractivity contribution >= 4 is 5.97 Å². The first kappa shape index (κ1) is 12.7. The highest BCUT2D eigenvalue weighted by Gasteiger charge is 2.41. The fraction of sp³-hybridized carbons (Fsp3) is 0.462. The number of hydrogen-bond donors (Lipinski definition) is 2. The van der Waals surface area contributed by atoms with Gasteiger partial charge in [0.1, 0.15) is 17.1 Å². The van der Waals surface area contributed by atoms with E-state index in [1.807, 2.05) is 0 Å². The fourth-order valence-corrected chi connectivity index (χ4v) is 1.95. The molecule has 0 spiro atoms. The molecule has 0 radical (unpaired) electrons. The average Bonchev–Trinajstić information content (AvgIpc) is 3.06. The third-order valence-electron chi connectivity index (χ3n) is 3.18. The second-order valence-corrected chi connectivity index (χ2v) is 4.57. The first-order valence-electron chi connectivity index (χ1n) is 5.69. The van der Waals surface area contributed by atoms with Crippen LogP contribution in [0.3, 0.4) is 0 Å². The zero-order chi connectivity index (χ0) is 13.3. The van der Waals surface area contributed by atoms with E-state index in [1.165, 1.54) is 20.3 Å². The first-order valence-corrected chi connectivity index (χ1v) is 5.69. The molecule has 2 rings (SSSR count). The van der Waals surface area contributed by atoms with Gasteiger partial charge in [-0.1, -0.05) is 0 Å². The minimum atomic E-state index is -1.06. The molecule has 0 aromatic heterocycles. The molecule has 0 atom stereocenters. The largest absolute Gasteiger partial charge is 0.496 e. The van der Waals surface area contributed by atoms with Crippen LogP contribution in [0, 0.1) is 0 Å². The van der Waals surface area contributed by atoms with Crippen LogP contribution in [0.1, 0.15) is 28.8 Å². The SMILES string of the molecule is COc1cc(OC)c(C(=O)O)cc1CC1(O)CC1. The molecular formula is C13H16O5. The first-order chi connectivity index (χ1) is 8.49. The lowest BCUT2D eigenvalue weighted by Crippen LogP contribution is -2.13. The Morgan fingerprint density at radius 1 is 1.28 bits per heavy atom. The van der Waals surface area contributed by atoms with Crippen molar-refractivity contribution in [2.45, 2.75) is 24.9 Å². The van der Waals surface area contributed by atoms with Crippen molar-refractivity contribution in [1.82, 2.24) is 0 Å². The predicted molar refractivity (Wildman–Crippen MR) is 64.4 cm³/mol. The summed E-state index contributed by atoms with van der Waals surface area (Å²) in [5.74, 6) is -0.262. The minimum absolute atomic E-state index is 0.0811. The van der Waals surface area contributed by atoms with E-state index >= 15 is 0 Å². The maximum Gasteiger partial charge on any atom is 0.339 e. The zero-order valence-corrected chi connectivity index (χ0v) is 10.4. The average molecular weight is 252 g/mol. The van der Waals surface area contributed by atoms with Crippen molar-refractivity contribution in [3.63, 3.8) is 0 Å². The Balaban J connectivity index is 2.43. The smallest absolute Gasteiger partial charge is 0.339 e. The van der Waals surface area contributed by atoms with Crippen molar-refractivity contribution < 1.29 is 24.5 Å². The van der Waals surface area contributed by atoms with Crippen LogP contribution in [0.2, 0.25) is 0 Å². The van der Waals surface area contributed by atoms with Crippen molar-refractivity contribution in [2.75, 3.05) is 14.2 Å². The van der Waals surface area contributed by atoms with E-state index in [4.69, 9.17) is 14.6 Å². The quantitative estimate of drug-likeness (QED) is 0.830. The number of rotatable bonds is 5. The molecular weight excluding hydrogens is 236 g/mol. The molecule has 0 bridgehead atoms. The number of aromatic carboxylic acids is 1. The van der Waals surface area contributed by atoms with E-state index in [9.17, 15) is 9.90 Å². The molecule has 0 saturated heterocycles. The van der Waals surface area contributed by atoms with Gasteiger partial charge in [-0.25, -0.2) is 4.79 Å². The fourth-order valence-electron chi connectivity index (χ4n) is 1.95. The molecule has 1 aromatic carbocycles. The van der Waals surface area contributed by atoms with Crippen molar-refractivity contribution in [3.8, 4) is 11.5 Å². The summed E-state index contributed by atoms with van der Waals surface area (Å²) in [5, 5.41) is 19.0. The molecule has 98 valence electrons.